The van der Waals surface area contributed by atoms with Crippen molar-refractivity contribution < 1.29 is 14.6 Å². The zero-order valence-electron chi connectivity index (χ0n) is 8.32. The third-order valence-electron chi connectivity index (χ3n) is 1.95. The first-order chi connectivity index (χ1) is 6.63. The van der Waals surface area contributed by atoms with Gasteiger partial charge in [-0.1, -0.05) is 13.0 Å². The minimum atomic E-state index is -0.433. The number of hydrogen-bond donors (Lipinski definition) is 0. The molecule has 0 aliphatic carbocycles. The van der Waals surface area contributed by atoms with Gasteiger partial charge in [-0.25, -0.2) is 4.79 Å². The number of benzene rings is 1. The predicted molar refractivity (Wildman–Crippen MR) is 51.7 cm³/mol. The fourth-order valence-electron chi connectivity index (χ4n) is 0.957. The predicted octanol–water partition coefficient (Wildman–Crippen LogP) is 2.79. The van der Waals surface area contributed by atoms with Crippen LogP contribution in [-0.4, -0.2) is 12.1 Å². The molecule has 75 valence electrons. The lowest BCUT2D eigenvalue weighted by Crippen LogP contribution is -2.13. The van der Waals surface area contributed by atoms with E-state index < -0.39 is 5.97 Å². The largest absolute Gasteiger partial charge is 0.459 e. The molecule has 0 spiro atoms. The summed E-state index contributed by atoms with van der Waals surface area (Å²) in [5, 5.41) is 10.9. The van der Waals surface area contributed by atoms with E-state index in [4.69, 9.17) is 4.74 Å². The van der Waals surface area contributed by atoms with Gasteiger partial charge in [0.2, 0.25) is 0 Å². The summed E-state index contributed by atoms with van der Waals surface area (Å²) < 4.78 is 5.06. The highest BCUT2D eigenvalue weighted by atomic mass is 16.5. The molecule has 0 heterocycles. The molecule has 0 aliphatic heterocycles. The van der Waals surface area contributed by atoms with Crippen molar-refractivity contribution in [2.75, 3.05) is 0 Å². The van der Waals surface area contributed by atoms with E-state index in [9.17, 15) is 9.90 Å². The third kappa shape index (κ3) is 2.76. The molecule has 1 rings (SSSR count). The van der Waals surface area contributed by atoms with Gasteiger partial charge in [-0.05, 0) is 31.5 Å². The van der Waals surface area contributed by atoms with Crippen molar-refractivity contribution in [2.45, 2.75) is 26.4 Å². The van der Waals surface area contributed by atoms with E-state index in [0.29, 0.717) is 5.56 Å². The van der Waals surface area contributed by atoms with Gasteiger partial charge >= 0.3 is 5.97 Å². The molecular weight excluding hydrogens is 180 g/mol. The Morgan fingerprint density at radius 2 is 2.21 bits per heavy atom. The maximum absolute atomic E-state index is 11.4. The van der Waals surface area contributed by atoms with Crippen molar-refractivity contribution in [3.63, 3.8) is 0 Å². The molecule has 1 unspecified atom stereocenters. The Bertz CT molecular complexity index is 320. The maximum Gasteiger partial charge on any atom is 0.338 e. The summed E-state index contributed by atoms with van der Waals surface area (Å²) in [7, 11) is 0. The van der Waals surface area contributed by atoms with Gasteiger partial charge in [-0.3, -0.25) is 5.11 Å². The van der Waals surface area contributed by atoms with E-state index in [1.807, 2.05) is 13.8 Å². The van der Waals surface area contributed by atoms with Crippen molar-refractivity contribution in [2.24, 2.45) is 0 Å². The highest BCUT2D eigenvalue weighted by molar-refractivity contribution is 5.89. The zero-order chi connectivity index (χ0) is 10.6. The summed E-state index contributed by atoms with van der Waals surface area (Å²) in [6.45, 7) is 3.75. The minimum Gasteiger partial charge on any atom is -0.459 e. The van der Waals surface area contributed by atoms with Crippen molar-refractivity contribution in [1.82, 2.24) is 0 Å². The van der Waals surface area contributed by atoms with Crippen LogP contribution in [0.3, 0.4) is 0 Å². The zero-order valence-corrected chi connectivity index (χ0v) is 8.32. The lowest BCUT2D eigenvalue weighted by molar-refractivity contribution is 0.0334. The van der Waals surface area contributed by atoms with Gasteiger partial charge in [0.15, 0.2) is 5.75 Å². The molecule has 0 amide bonds. The first-order valence-electron chi connectivity index (χ1n) is 4.61. The summed E-state index contributed by atoms with van der Waals surface area (Å²) in [5.74, 6) is -0.611. The van der Waals surface area contributed by atoms with E-state index in [2.05, 4.69) is 0 Å². The van der Waals surface area contributed by atoms with Gasteiger partial charge in [-0.15, -0.1) is 0 Å². The molecule has 0 fully saturated rings. The quantitative estimate of drug-likeness (QED) is 0.693. The summed E-state index contributed by atoms with van der Waals surface area (Å²) in [5.41, 5.74) is 0.317. The van der Waals surface area contributed by atoms with Crippen LogP contribution in [-0.2, 0) is 9.84 Å². The summed E-state index contributed by atoms with van der Waals surface area (Å²) in [6.07, 6.45) is 0.654. The number of rotatable bonds is 3. The van der Waals surface area contributed by atoms with Crippen LogP contribution in [0.2, 0.25) is 0 Å². The average molecular weight is 193 g/mol. The first-order valence-corrected chi connectivity index (χ1v) is 4.61. The number of carbonyl (C=O) groups is 1. The molecule has 3 heteroatoms. The number of hydrogen-bond acceptors (Lipinski definition) is 2. The number of ether oxygens (including phenoxy) is 1. The Labute approximate surface area is 83.3 Å². The van der Waals surface area contributed by atoms with Gasteiger partial charge < -0.3 is 4.74 Å². The van der Waals surface area contributed by atoms with Crippen LogP contribution < -0.4 is 0 Å². The van der Waals surface area contributed by atoms with E-state index >= 15 is 0 Å². The second-order valence-electron chi connectivity index (χ2n) is 3.15. The molecule has 14 heavy (non-hydrogen) atoms. The Morgan fingerprint density at radius 3 is 2.79 bits per heavy atom. The second kappa shape index (κ2) is 4.65. The van der Waals surface area contributed by atoms with Crippen LogP contribution in [0.5, 0.6) is 5.75 Å². The van der Waals surface area contributed by atoms with Crippen LogP contribution >= 0.6 is 0 Å². The highest BCUT2D eigenvalue weighted by Gasteiger charge is 2.10. The SMILES string of the molecule is CCC(C)OC(=O)c1cccc([O])c1. The normalized spacial score (nSPS) is 12.1. The monoisotopic (exact) mass is 193 g/mol. The molecule has 0 saturated heterocycles. The van der Waals surface area contributed by atoms with Gasteiger partial charge in [0.1, 0.15) is 0 Å². The molecule has 1 radical (unpaired) electrons. The van der Waals surface area contributed by atoms with Crippen molar-refractivity contribution in [3.8, 4) is 5.75 Å². The molecule has 0 bridgehead atoms. The molecule has 0 aromatic heterocycles. The average Bonchev–Trinajstić information content (AvgIpc) is 2.17. The van der Waals surface area contributed by atoms with Gasteiger partial charge in [0, 0.05) is 0 Å². The number of carbonyl (C=O) groups excluding carboxylic acids is 1. The minimum absolute atomic E-state index is 0.113. The maximum atomic E-state index is 11.4. The third-order valence-corrected chi connectivity index (χ3v) is 1.95. The fourth-order valence-corrected chi connectivity index (χ4v) is 0.957. The van der Waals surface area contributed by atoms with Crippen LogP contribution in [0.25, 0.3) is 0 Å². The second-order valence-corrected chi connectivity index (χ2v) is 3.15. The van der Waals surface area contributed by atoms with Gasteiger partial charge in [0.25, 0.3) is 0 Å². The molecule has 3 nitrogen and oxygen atoms in total. The molecule has 0 N–H and O–H groups in total. The molecule has 1 aromatic rings. The van der Waals surface area contributed by atoms with E-state index in [1.165, 1.54) is 12.1 Å². The Hall–Kier alpha value is -1.51. The van der Waals surface area contributed by atoms with Gasteiger partial charge in [0.05, 0.1) is 11.7 Å². The van der Waals surface area contributed by atoms with E-state index in [0.717, 1.165) is 6.42 Å². The molecule has 0 saturated carbocycles. The highest BCUT2D eigenvalue weighted by Crippen LogP contribution is 2.13. The lowest BCUT2D eigenvalue weighted by Gasteiger charge is -2.10. The molecule has 1 aromatic carbocycles. The van der Waals surface area contributed by atoms with Crippen LogP contribution in [0, 0.1) is 0 Å². The van der Waals surface area contributed by atoms with Crippen LogP contribution in [0.15, 0.2) is 24.3 Å². The van der Waals surface area contributed by atoms with Crippen LogP contribution in [0.1, 0.15) is 30.6 Å². The smallest absolute Gasteiger partial charge is 0.338 e. The Kier molecular flexibility index (Phi) is 3.51. The van der Waals surface area contributed by atoms with Crippen molar-refractivity contribution in [3.05, 3.63) is 29.8 Å². The number of esters is 1. The Balaban J connectivity index is 2.70. The molecule has 1 atom stereocenters. The van der Waals surface area contributed by atoms with Crippen LogP contribution in [0.4, 0.5) is 0 Å². The first kappa shape index (κ1) is 10.6. The van der Waals surface area contributed by atoms with E-state index in [-0.39, 0.29) is 11.9 Å². The fraction of sp³-hybridized carbons (Fsp3) is 0.364. The van der Waals surface area contributed by atoms with Gasteiger partial charge in [-0.2, -0.15) is 0 Å². The topological polar surface area (TPSA) is 46.2 Å². The molecular formula is C11H13O3. The van der Waals surface area contributed by atoms with Crippen molar-refractivity contribution >= 4 is 5.97 Å². The van der Waals surface area contributed by atoms with E-state index in [1.54, 1.807) is 12.1 Å². The lowest BCUT2D eigenvalue weighted by atomic mass is 10.2. The Morgan fingerprint density at radius 1 is 1.50 bits per heavy atom. The molecule has 0 aliphatic rings. The van der Waals surface area contributed by atoms with Crippen molar-refractivity contribution in [1.29, 1.82) is 0 Å². The standard InChI is InChI=1S/C11H13O3/c1-3-8(2)14-11(13)9-5-4-6-10(12)7-9/h4-8H,3H2,1-2H3. The summed E-state index contributed by atoms with van der Waals surface area (Å²) in [4.78, 5) is 11.4. The summed E-state index contributed by atoms with van der Waals surface area (Å²) in [6, 6.07) is 5.81. The summed E-state index contributed by atoms with van der Waals surface area (Å²) >= 11 is 0.